The van der Waals surface area contributed by atoms with E-state index in [1.165, 1.54) is 0 Å². The normalized spacial score (nSPS) is 10.1. The van der Waals surface area contributed by atoms with Crippen LogP contribution in [-0.2, 0) is 22.7 Å². The molecule has 1 amide bonds. The first-order valence-corrected chi connectivity index (χ1v) is 5.38. The summed E-state index contributed by atoms with van der Waals surface area (Å²) in [6.07, 6.45) is 0. The highest BCUT2D eigenvalue weighted by atomic mass is 16.5. The number of amides is 1. The van der Waals surface area contributed by atoms with Crippen molar-refractivity contribution in [1.29, 1.82) is 0 Å². The van der Waals surface area contributed by atoms with Crippen LogP contribution in [0.3, 0.4) is 0 Å². The fourth-order valence-electron chi connectivity index (χ4n) is 1.25. The molecule has 0 aliphatic rings. The molecular weight excluding hydrogens is 204 g/mol. The minimum absolute atomic E-state index is 0.0302. The van der Waals surface area contributed by atoms with E-state index in [1.807, 2.05) is 31.2 Å². The summed E-state index contributed by atoms with van der Waals surface area (Å²) < 4.78 is 5.29. The van der Waals surface area contributed by atoms with Gasteiger partial charge in [-0.2, -0.15) is 0 Å². The zero-order valence-corrected chi connectivity index (χ0v) is 9.53. The molecule has 0 spiro atoms. The molecule has 88 valence electrons. The van der Waals surface area contributed by atoms with Crippen molar-refractivity contribution >= 4 is 5.91 Å². The summed E-state index contributed by atoms with van der Waals surface area (Å²) in [6, 6.07) is 7.95. The van der Waals surface area contributed by atoms with Crippen LogP contribution in [0.1, 0.15) is 18.1 Å². The second kappa shape index (κ2) is 6.98. The van der Waals surface area contributed by atoms with E-state index in [9.17, 15) is 4.79 Å². The van der Waals surface area contributed by atoms with Gasteiger partial charge in [-0.3, -0.25) is 4.79 Å². The van der Waals surface area contributed by atoms with E-state index in [0.717, 1.165) is 11.1 Å². The number of benzene rings is 1. The predicted octanol–water partition coefficient (Wildman–Crippen LogP) is 0.798. The fourth-order valence-corrected chi connectivity index (χ4v) is 1.25. The first kappa shape index (κ1) is 12.7. The van der Waals surface area contributed by atoms with E-state index in [4.69, 9.17) is 10.5 Å². The van der Waals surface area contributed by atoms with Gasteiger partial charge in [0, 0.05) is 13.2 Å². The second-order valence-corrected chi connectivity index (χ2v) is 3.43. The highest BCUT2D eigenvalue weighted by molar-refractivity contribution is 5.77. The molecule has 1 aromatic carbocycles. The van der Waals surface area contributed by atoms with Gasteiger partial charge in [-0.1, -0.05) is 24.3 Å². The lowest BCUT2D eigenvalue weighted by molar-refractivity contribution is -0.119. The van der Waals surface area contributed by atoms with Gasteiger partial charge in [0.1, 0.15) is 0 Å². The van der Waals surface area contributed by atoms with Gasteiger partial charge in [-0.15, -0.1) is 0 Å². The Morgan fingerprint density at radius 1 is 1.31 bits per heavy atom. The molecular formula is C12H18N2O2. The lowest BCUT2D eigenvalue weighted by atomic mass is 10.1. The SMILES string of the molecule is CCOCc1ccc(CNC(=O)CN)cc1. The van der Waals surface area contributed by atoms with Crippen molar-refractivity contribution in [2.75, 3.05) is 13.2 Å². The summed E-state index contributed by atoms with van der Waals surface area (Å²) in [5.74, 6) is -0.140. The van der Waals surface area contributed by atoms with E-state index < -0.39 is 0 Å². The standard InChI is InChI=1S/C12H18N2O2/c1-2-16-9-11-5-3-10(4-6-11)8-14-12(15)7-13/h3-6H,2,7-9,13H2,1H3,(H,14,15). The summed E-state index contributed by atoms with van der Waals surface area (Å²) in [7, 11) is 0. The zero-order chi connectivity index (χ0) is 11.8. The minimum atomic E-state index is -0.140. The Hall–Kier alpha value is -1.39. The molecule has 3 N–H and O–H groups in total. The van der Waals surface area contributed by atoms with Gasteiger partial charge in [0.05, 0.1) is 13.2 Å². The van der Waals surface area contributed by atoms with Gasteiger partial charge >= 0.3 is 0 Å². The molecule has 1 rings (SSSR count). The number of ether oxygens (including phenoxy) is 1. The first-order valence-electron chi connectivity index (χ1n) is 5.38. The largest absolute Gasteiger partial charge is 0.377 e. The van der Waals surface area contributed by atoms with Crippen LogP contribution < -0.4 is 11.1 Å². The second-order valence-electron chi connectivity index (χ2n) is 3.43. The highest BCUT2D eigenvalue weighted by Crippen LogP contribution is 2.05. The minimum Gasteiger partial charge on any atom is -0.377 e. The molecule has 0 unspecified atom stereocenters. The van der Waals surface area contributed by atoms with E-state index in [2.05, 4.69) is 5.32 Å². The van der Waals surface area contributed by atoms with Crippen LogP contribution in [-0.4, -0.2) is 19.1 Å². The maximum absolute atomic E-state index is 10.9. The monoisotopic (exact) mass is 222 g/mol. The number of hydrogen-bond acceptors (Lipinski definition) is 3. The number of carbonyl (C=O) groups is 1. The highest BCUT2D eigenvalue weighted by Gasteiger charge is 1.98. The van der Waals surface area contributed by atoms with Gasteiger partial charge in [0.2, 0.25) is 5.91 Å². The summed E-state index contributed by atoms with van der Waals surface area (Å²) in [6.45, 7) is 3.87. The molecule has 0 radical (unpaired) electrons. The van der Waals surface area contributed by atoms with Crippen LogP contribution in [0.25, 0.3) is 0 Å². The first-order chi connectivity index (χ1) is 7.76. The van der Waals surface area contributed by atoms with Gasteiger partial charge in [-0.05, 0) is 18.1 Å². The maximum Gasteiger partial charge on any atom is 0.234 e. The molecule has 0 bridgehead atoms. The van der Waals surface area contributed by atoms with E-state index >= 15 is 0 Å². The summed E-state index contributed by atoms with van der Waals surface area (Å²) >= 11 is 0. The Labute approximate surface area is 95.8 Å². The van der Waals surface area contributed by atoms with Crippen molar-refractivity contribution in [2.24, 2.45) is 5.73 Å². The molecule has 0 fully saturated rings. The Balaban J connectivity index is 2.41. The number of nitrogens with two attached hydrogens (primary N) is 1. The van der Waals surface area contributed by atoms with Crippen molar-refractivity contribution in [3.05, 3.63) is 35.4 Å². The number of nitrogens with one attached hydrogen (secondary N) is 1. The molecule has 0 saturated heterocycles. The lowest BCUT2D eigenvalue weighted by Gasteiger charge is -2.05. The Morgan fingerprint density at radius 3 is 2.50 bits per heavy atom. The number of rotatable bonds is 6. The fraction of sp³-hybridized carbons (Fsp3) is 0.417. The van der Waals surface area contributed by atoms with Crippen LogP contribution in [0.5, 0.6) is 0 Å². The van der Waals surface area contributed by atoms with Crippen LogP contribution in [0.2, 0.25) is 0 Å². The average molecular weight is 222 g/mol. The molecule has 0 atom stereocenters. The third-order valence-corrected chi connectivity index (χ3v) is 2.17. The quantitative estimate of drug-likeness (QED) is 0.748. The lowest BCUT2D eigenvalue weighted by Crippen LogP contribution is -2.29. The van der Waals surface area contributed by atoms with Crippen LogP contribution in [0.4, 0.5) is 0 Å². The number of carbonyl (C=O) groups excluding carboxylic acids is 1. The van der Waals surface area contributed by atoms with Crippen LogP contribution in [0.15, 0.2) is 24.3 Å². The summed E-state index contributed by atoms with van der Waals surface area (Å²) in [5, 5.41) is 2.72. The molecule has 0 heterocycles. The van der Waals surface area contributed by atoms with Crippen molar-refractivity contribution < 1.29 is 9.53 Å². The van der Waals surface area contributed by atoms with Crippen molar-refractivity contribution in [1.82, 2.24) is 5.32 Å². The molecule has 4 heteroatoms. The van der Waals surface area contributed by atoms with Crippen LogP contribution in [0, 0.1) is 0 Å². The molecule has 0 aliphatic carbocycles. The maximum atomic E-state index is 10.9. The smallest absolute Gasteiger partial charge is 0.234 e. The third kappa shape index (κ3) is 4.42. The third-order valence-electron chi connectivity index (χ3n) is 2.17. The van der Waals surface area contributed by atoms with Crippen molar-refractivity contribution in [3.8, 4) is 0 Å². The molecule has 0 aromatic heterocycles. The number of hydrogen-bond donors (Lipinski definition) is 2. The molecule has 16 heavy (non-hydrogen) atoms. The molecule has 0 saturated carbocycles. The summed E-state index contributed by atoms with van der Waals surface area (Å²) in [5.41, 5.74) is 7.38. The van der Waals surface area contributed by atoms with Crippen molar-refractivity contribution in [3.63, 3.8) is 0 Å². The summed E-state index contributed by atoms with van der Waals surface area (Å²) in [4.78, 5) is 10.9. The molecule has 1 aromatic rings. The molecule has 0 aliphatic heterocycles. The van der Waals surface area contributed by atoms with Crippen LogP contribution >= 0.6 is 0 Å². The Kier molecular flexibility index (Phi) is 5.53. The van der Waals surface area contributed by atoms with Gasteiger partial charge in [-0.25, -0.2) is 0 Å². The van der Waals surface area contributed by atoms with E-state index in [1.54, 1.807) is 0 Å². The van der Waals surface area contributed by atoms with Gasteiger partial charge in [0.15, 0.2) is 0 Å². The van der Waals surface area contributed by atoms with Gasteiger partial charge < -0.3 is 15.8 Å². The molecule has 4 nitrogen and oxygen atoms in total. The Morgan fingerprint density at radius 2 is 1.94 bits per heavy atom. The van der Waals surface area contributed by atoms with E-state index in [-0.39, 0.29) is 12.5 Å². The van der Waals surface area contributed by atoms with Gasteiger partial charge in [0.25, 0.3) is 0 Å². The zero-order valence-electron chi connectivity index (χ0n) is 9.53. The van der Waals surface area contributed by atoms with Crippen molar-refractivity contribution in [2.45, 2.75) is 20.1 Å². The van der Waals surface area contributed by atoms with E-state index in [0.29, 0.717) is 19.8 Å². The average Bonchev–Trinajstić information content (AvgIpc) is 2.34. The topological polar surface area (TPSA) is 64.3 Å². The Bertz CT molecular complexity index is 322. The predicted molar refractivity (Wildman–Crippen MR) is 62.7 cm³/mol.